The van der Waals surface area contributed by atoms with Crippen molar-refractivity contribution in [3.63, 3.8) is 0 Å². The van der Waals surface area contributed by atoms with Crippen molar-refractivity contribution in [2.45, 2.75) is 0 Å². The summed E-state index contributed by atoms with van der Waals surface area (Å²) >= 11 is 0. The molecule has 0 aliphatic carbocycles. The minimum absolute atomic E-state index is 0.290. The molecule has 3 aromatic rings. The number of rotatable bonds is 3. The molecule has 0 aliphatic rings. The Bertz CT molecular complexity index is 722. The third kappa shape index (κ3) is 2.38. The molecule has 3 rings (SSSR count). The van der Waals surface area contributed by atoms with E-state index in [-0.39, 0.29) is 5.82 Å². The third-order valence-corrected chi connectivity index (χ3v) is 2.92. The maximum absolute atomic E-state index is 13.2. The molecule has 5 heteroatoms. The molecular weight excluding hydrogens is 257 g/mol. The van der Waals surface area contributed by atoms with E-state index in [2.05, 4.69) is 10.2 Å². The normalized spacial score (nSPS) is 10.5. The first-order valence-corrected chi connectivity index (χ1v) is 6.09. The van der Waals surface area contributed by atoms with E-state index in [9.17, 15) is 4.39 Å². The topological polar surface area (TPSA) is 39.9 Å². The van der Waals surface area contributed by atoms with Crippen molar-refractivity contribution in [2.24, 2.45) is 0 Å². The van der Waals surface area contributed by atoms with Gasteiger partial charge in [-0.15, -0.1) is 5.10 Å². The average Bonchev–Trinajstić information content (AvgIpc) is 2.97. The van der Waals surface area contributed by atoms with Crippen LogP contribution in [0.25, 0.3) is 16.9 Å². The summed E-state index contributed by atoms with van der Waals surface area (Å²) in [6.07, 6.45) is 1.61. The predicted octanol–water partition coefficient (Wildman–Crippen LogP) is 3.08. The highest BCUT2D eigenvalue weighted by molar-refractivity contribution is 5.57. The van der Waals surface area contributed by atoms with Crippen LogP contribution in [0, 0.1) is 5.82 Å². The molecule has 0 amide bonds. The molecule has 0 fully saturated rings. The summed E-state index contributed by atoms with van der Waals surface area (Å²) in [6.45, 7) is 0. The van der Waals surface area contributed by atoms with Gasteiger partial charge in [0.15, 0.2) is 0 Å². The van der Waals surface area contributed by atoms with E-state index in [1.807, 2.05) is 24.3 Å². The summed E-state index contributed by atoms with van der Waals surface area (Å²) in [5.74, 6) is 0.479. The monoisotopic (exact) mass is 269 g/mol. The standard InChI is InChI=1S/C15H12FN3O/c1-20-14-7-5-13(6-8-14)19-17-10-15(18-19)11-3-2-4-12(16)9-11/h2-10H,1H3. The zero-order valence-corrected chi connectivity index (χ0v) is 10.8. The molecule has 2 aromatic carbocycles. The zero-order chi connectivity index (χ0) is 13.9. The molecule has 1 heterocycles. The van der Waals surface area contributed by atoms with Gasteiger partial charge >= 0.3 is 0 Å². The van der Waals surface area contributed by atoms with Crippen molar-refractivity contribution in [1.29, 1.82) is 0 Å². The summed E-state index contributed by atoms with van der Waals surface area (Å²) in [7, 11) is 1.61. The molecule has 0 N–H and O–H groups in total. The number of halogens is 1. The SMILES string of the molecule is COc1ccc(-n2ncc(-c3cccc(F)c3)n2)cc1. The van der Waals surface area contributed by atoms with Gasteiger partial charge in [-0.3, -0.25) is 0 Å². The van der Waals surface area contributed by atoms with Crippen molar-refractivity contribution in [2.75, 3.05) is 7.11 Å². The average molecular weight is 269 g/mol. The Morgan fingerprint density at radius 1 is 1.10 bits per heavy atom. The van der Waals surface area contributed by atoms with Gasteiger partial charge < -0.3 is 4.74 Å². The lowest BCUT2D eigenvalue weighted by atomic mass is 10.2. The number of hydrogen-bond donors (Lipinski definition) is 0. The first-order valence-electron chi connectivity index (χ1n) is 6.09. The van der Waals surface area contributed by atoms with E-state index >= 15 is 0 Å². The fourth-order valence-electron chi connectivity index (χ4n) is 1.88. The summed E-state index contributed by atoms with van der Waals surface area (Å²) < 4.78 is 18.3. The zero-order valence-electron chi connectivity index (χ0n) is 10.8. The lowest BCUT2D eigenvalue weighted by molar-refractivity contribution is 0.414. The van der Waals surface area contributed by atoms with Crippen LogP contribution >= 0.6 is 0 Å². The molecule has 0 radical (unpaired) electrons. The van der Waals surface area contributed by atoms with Crippen LogP contribution in [0.5, 0.6) is 5.75 Å². The fraction of sp³-hybridized carbons (Fsp3) is 0.0667. The van der Waals surface area contributed by atoms with Gasteiger partial charge in [0.1, 0.15) is 17.3 Å². The molecule has 0 bridgehead atoms. The Morgan fingerprint density at radius 2 is 1.90 bits per heavy atom. The van der Waals surface area contributed by atoms with Crippen molar-refractivity contribution in [3.8, 4) is 22.7 Å². The summed E-state index contributed by atoms with van der Waals surface area (Å²) in [5.41, 5.74) is 2.14. The highest BCUT2D eigenvalue weighted by Crippen LogP contribution is 2.19. The molecule has 0 saturated carbocycles. The fourth-order valence-corrected chi connectivity index (χ4v) is 1.88. The molecule has 100 valence electrons. The second-order valence-electron chi connectivity index (χ2n) is 4.23. The Balaban J connectivity index is 1.93. The Labute approximate surface area is 115 Å². The quantitative estimate of drug-likeness (QED) is 0.733. The van der Waals surface area contributed by atoms with Crippen LogP contribution in [0.1, 0.15) is 0 Å². The highest BCUT2D eigenvalue weighted by atomic mass is 19.1. The van der Waals surface area contributed by atoms with Gasteiger partial charge in [-0.2, -0.15) is 9.90 Å². The first kappa shape index (κ1) is 12.3. The minimum Gasteiger partial charge on any atom is -0.497 e. The smallest absolute Gasteiger partial charge is 0.123 e. The Morgan fingerprint density at radius 3 is 2.60 bits per heavy atom. The van der Waals surface area contributed by atoms with Crippen LogP contribution in [-0.4, -0.2) is 22.1 Å². The molecule has 0 aliphatic heterocycles. The van der Waals surface area contributed by atoms with E-state index < -0.39 is 0 Å². The number of benzene rings is 2. The van der Waals surface area contributed by atoms with Gasteiger partial charge in [-0.05, 0) is 36.4 Å². The molecule has 0 spiro atoms. The van der Waals surface area contributed by atoms with Gasteiger partial charge in [0, 0.05) is 5.56 Å². The lowest BCUT2D eigenvalue weighted by Crippen LogP contribution is -1.98. The van der Waals surface area contributed by atoms with Crippen molar-refractivity contribution in [1.82, 2.24) is 15.0 Å². The second kappa shape index (κ2) is 5.13. The highest BCUT2D eigenvalue weighted by Gasteiger charge is 2.06. The predicted molar refractivity (Wildman–Crippen MR) is 73.3 cm³/mol. The van der Waals surface area contributed by atoms with Gasteiger partial charge in [0.25, 0.3) is 0 Å². The number of ether oxygens (including phenoxy) is 1. The third-order valence-electron chi connectivity index (χ3n) is 2.92. The molecule has 0 atom stereocenters. The van der Waals surface area contributed by atoms with E-state index in [0.29, 0.717) is 11.3 Å². The van der Waals surface area contributed by atoms with Gasteiger partial charge in [-0.25, -0.2) is 4.39 Å². The maximum Gasteiger partial charge on any atom is 0.123 e. The Hall–Kier alpha value is -2.69. The van der Waals surface area contributed by atoms with E-state index in [1.165, 1.54) is 16.9 Å². The van der Waals surface area contributed by atoms with Crippen LogP contribution in [0.4, 0.5) is 4.39 Å². The van der Waals surface area contributed by atoms with E-state index in [0.717, 1.165) is 11.4 Å². The van der Waals surface area contributed by atoms with Crippen LogP contribution in [-0.2, 0) is 0 Å². The summed E-state index contributed by atoms with van der Waals surface area (Å²) in [4.78, 5) is 1.50. The van der Waals surface area contributed by atoms with Gasteiger partial charge in [0.2, 0.25) is 0 Å². The van der Waals surface area contributed by atoms with Crippen LogP contribution in [0.2, 0.25) is 0 Å². The van der Waals surface area contributed by atoms with Crippen molar-refractivity contribution >= 4 is 0 Å². The van der Waals surface area contributed by atoms with E-state index in [1.54, 1.807) is 25.4 Å². The Kier molecular flexibility index (Phi) is 3.16. The number of nitrogens with zero attached hydrogens (tertiary/aromatic N) is 3. The summed E-state index contributed by atoms with van der Waals surface area (Å²) in [6, 6.07) is 13.7. The van der Waals surface area contributed by atoms with Crippen molar-refractivity contribution in [3.05, 3.63) is 60.5 Å². The largest absolute Gasteiger partial charge is 0.497 e. The number of hydrogen-bond acceptors (Lipinski definition) is 3. The van der Waals surface area contributed by atoms with Crippen molar-refractivity contribution < 1.29 is 9.13 Å². The van der Waals surface area contributed by atoms with E-state index in [4.69, 9.17) is 4.74 Å². The molecule has 20 heavy (non-hydrogen) atoms. The van der Waals surface area contributed by atoms with Crippen LogP contribution < -0.4 is 4.74 Å². The minimum atomic E-state index is -0.290. The molecule has 0 saturated heterocycles. The molecule has 4 nitrogen and oxygen atoms in total. The molecule has 0 unspecified atom stereocenters. The van der Waals surface area contributed by atoms with Gasteiger partial charge in [-0.1, -0.05) is 12.1 Å². The van der Waals surface area contributed by atoms with Gasteiger partial charge in [0.05, 0.1) is 19.0 Å². The second-order valence-corrected chi connectivity index (χ2v) is 4.23. The number of aromatic nitrogens is 3. The molecular formula is C15H12FN3O. The van der Waals surface area contributed by atoms with Crippen LogP contribution in [0.15, 0.2) is 54.7 Å². The van der Waals surface area contributed by atoms with Crippen LogP contribution in [0.3, 0.4) is 0 Å². The summed E-state index contributed by atoms with van der Waals surface area (Å²) in [5, 5.41) is 8.54. The first-order chi connectivity index (χ1) is 9.76. The number of methoxy groups -OCH3 is 1. The lowest BCUT2D eigenvalue weighted by Gasteiger charge is -2.02. The molecule has 1 aromatic heterocycles. The maximum atomic E-state index is 13.2.